The molecule has 1 saturated heterocycles. The molecule has 31 heavy (non-hydrogen) atoms. The molecule has 1 fully saturated rings. The summed E-state index contributed by atoms with van der Waals surface area (Å²) in [5.74, 6) is -1.09. The number of nitrogens with zero attached hydrogens (tertiary/aromatic N) is 3. The maximum absolute atomic E-state index is 11.2. The Bertz CT molecular complexity index is 1120. The zero-order chi connectivity index (χ0) is 22.6. The molecule has 4 unspecified atom stereocenters. The lowest BCUT2D eigenvalue weighted by atomic mass is 9.89. The van der Waals surface area contributed by atoms with Gasteiger partial charge in [-0.3, -0.25) is 0 Å². The molecule has 1 aliphatic rings. The Hall–Kier alpha value is -1.94. The van der Waals surface area contributed by atoms with Gasteiger partial charge in [0.25, 0.3) is 0 Å². The molecule has 0 aliphatic carbocycles. The molecule has 8 nitrogen and oxygen atoms in total. The predicted molar refractivity (Wildman–Crippen MR) is 118 cm³/mol. The monoisotopic (exact) mass is 466 g/mol. The molecule has 0 spiro atoms. The van der Waals surface area contributed by atoms with Gasteiger partial charge in [0.2, 0.25) is 0 Å². The second kappa shape index (κ2) is 7.88. The van der Waals surface area contributed by atoms with Crippen LogP contribution in [0.4, 0.5) is 5.82 Å². The quantitative estimate of drug-likeness (QED) is 0.489. The molecule has 10 heteroatoms. The number of hydrogen-bond donors (Lipinski definition) is 3. The van der Waals surface area contributed by atoms with Crippen LogP contribution in [0.25, 0.3) is 11.0 Å². The topological polar surface area (TPSA) is 116 Å². The van der Waals surface area contributed by atoms with Gasteiger partial charge in [-0.2, -0.15) is 0 Å². The summed E-state index contributed by atoms with van der Waals surface area (Å²) in [6.45, 7) is 4.87. The van der Waals surface area contributed by atoms with Gasteiger partial charge in [0.1, 0.15) is 41.8 Å². The first-order valence-electron chi connectivity index (χ1n) is 9.76. The van der Waals surface area contributed by atoms with Crippen molar-refractivity contribution in [1.82, 2.24) is 14.5 Å². The molecule has 2 aromatic heterocycles. The van der Waals surface area contributed by atoms with Crippen molar-refractivity contribution >= 4 is 40.1 Å². The third-order valence-corrected chi connectivity index (χ3v) is 6.13. The molecule has 3 aromatic rings. The zero-order valence-electron chi connectivity index (χ0n) is 17.3. The number of halogens is 2. The van der Waals surface area contributed by atoms with Gasteiger partial charge in [-0.25, -0.2) is 9.97 Å². The third-order valence-electron chi connectivity index (χ3n) is 5.39. The number of rotatable bonds is 5. The van der Waals surface area contributed by atoms with Crippen LogP contribution in [0.2, 0.25) is 10.0 Å². The fourth-order valence-electron chi connectivity index (χ4n) is 4.16. The highest BCUT2D eigenvalue weighted by molar-refractivity contribution is 6.42. The average molecular weight is 467 g/mol. The van der Waals surface area contributed by atoms with Gasteiger partial charge in [0, 0.05) is 12.6 Å². The largest absolute Gasteiger partial charge is 0.386 e. The first-order chi connectivity index (χ1) is 14.5. The summed E-state index contributed by atoms with van der Waals surface area (Å²) in [6.07, 6.45) is 1.09. The van der Waals surface area contributed by atoms with E-state index in [0.717, 1.165) is 0 Å². The van der Waals surface area contributed by atoms with Crippen LogP contribution in [-0.4, -0.2) is 42.2 Å². The molecule has 1 aromatic carbocycles. The minimum atomic E-state index is -1.45. The van der Waals surface area contributed by atoms with Gasteiger partial charge in [-0.05, 0) is 44.5 Å². The summed E-state index contributed by atoms with van der Waals surface area (Å²) in [4.78, 5) is 8.34. The summed E-state index contributed by atoms with van der Waals surface area (Å²) in [5, 5.41) is 23.0. The highest BCUT2D eigenvalue weighted by Crippen LogP contribution is 2.47. The Morgan fingerprint density at radius 3 is 2.71 bits per heavy atom. The number of hydrogen-bond acceptors (Lipinski definition) is 7. The molecule has 0 saturated carbocycles. The van der Waals surface area contributed by atoms with Crippen molar-refractivity contribution in [2.45, 2.75) is 57.0 Å². The van der Waals surface area contributed by atoms with Gasteiger partial charge in [0.15, 0.2) is 5.79 Å². The summed E-state index contributed by atoms with van der Waals surface area (Å²) >= 11 is 12.2. The van der Waals surface area contributed by atoms with Crippen LogP contribution in [0.5, 0.6) is 0 Å². The van der Waals surface area contributed by atoms with Crippen molar-refractivity contribution in [3.8, 4) is 0 Å². The van der Waals surface area contributed by atoms with Crippen molar-refractivity contribution in [2.24, 2.45) is 0 Å². The van der Waals surface area contributed by atoms with Crippen LogP contribution in [0.3, 0.4) is 0 Å². The number of nitrogens with two attached hydrogens (primary N) is 1. The molecule has 166 valence electrons. The number of aliphatic hydroxyl groups is 2. The van der Waals surface area contributed by atoms with Crippen molar-refractivity contribution in [3.05, 3.63) is 52.4 Å². The molecule has 0 radical (unpaired) electrons. The maximum atomic E-state index is 11.2. The SMILES string of the molecule is CC(C)(O)OC1(C)CC(n2ccc3c(N)ncnc32)OC1C(O)c1ccc(Cl)c(Cl)c1. The smallest absolute Gasteiger partial charge is 0.160 e. The number of nitrogen functional groups attached to an aromatic ring is 1. The first-order valence-corrected chi connectivity index (χ1v) is 10.5. The summed E-state index contributed by atoms with van der Waals surface area (Å²) in [6, 6.07) is 6.70. The van der Waals surface area contributed by atoms with E-state index in [0.29, 0.717) is 38.9 Å². The number of aliphatic hydroxyl groups excluding tert-OH is 1. The average Bonchev–Trinajstić information content (AvgIpc) is 3.24. The van der Waals surface area contributed by atoms with E-state index in [2.05, 4.69) is 9.97 Å². The van der Waals surface area contributed by atoms with Crippen molar-refractivity contribution in [2.75, 3.05) is 5.73 Å². The van der Waals surface area contributed by atoms with E-state index in [1.165, 1.54) is 20.2 Å². The van der Waals surface area contributed by atoms with E-state index in [1.807, 2.05) is 10.6 Å². The Kier molecular flexibility index (Phi) is 5.66. The molecule has 4 N–H and O–H groups in total. The number of fused-ring (bicyclic) bond motifs is 1. The molecule has 4 rings (SSSR count). The maximum Gasteiger partial charge on any atom is 0.160 e. The lowest BCUT2D eigenvalue weighted by Crippen LogP contribution is -2.47. The Balaban J connectivity index is 1.73. The molecule has 1 aliphatic heterocycles. The van der Waals surface area contributed by atoms with Crippen LogP contribution >= 0.6 is 23.2 Å². The minimum Gasteiger partial charge on any atom is -0.386 e. The Labute approximate surface area is 189 Å². The lowest BCUT2D eigenvalue weighted by Gasteiger charge is -2.37. The van der Waals surface area contributed by atoms with Crippen molar-refractivity contribution in [3.63, 3.8) is 0 Å². The van der Waals surface area contributed by atoms with Crippen LogP contribution in [0.15, 0.2) is 36.8 Å². The second-order valence-electron chi connectivity index (χ2n) is 8.41. The number of benzene rings is 1. The van der Waals surface area contributed by atoms with E-state index in [9.17, 15) is 10.2 Å². The van der Waals surface area contributed by atoms with E-state index < -0.39 is 29.8 Å². The van der Waals surface area contributed by atoms with Gasteiger partial charge in [-0.15, -0.1) is 0 Å². The van der Waals surface area contributed by atoms with Crippen LogP contribution < -0.4 is 5.73 Å². The highest BCUT2D eigenvalue weighted by Gasteiger charge is 2.52. The standard InChI is InChI=1S/C21H24Cl2N4O4/c1-20(2,29)31-21(3)9-15(27-7-6-12-18(24)25-10-26-19(12)27)30-17(21)16(28)11-4-5-13(22)14(23)8-11/h4-8,10,15-17,28-29H,9H2,1-3H3,(H2,24,25,26). The lowest BCUT2D eigenvalue weighted by molar-refractivity contribution is -0.261. The Morgan fingerprint density at radius 1 is 1.29 bits per heavy atom. The van der Waals surface area contributed by atoms with E-state index in [-0.39, 0.29) is 0 Å². The number of aromatic nitrogens is 3. The van der Waals surface area contributed by atoms with Crippen molar-refractivity contribution < 1.29 is 19.7 Å². The van der Waals surface area contributed by atoms with E-state index >= 15 is 0 Å². The van der Waals surface area contributed by atoms with Gasteiger partial charge in [0.05, 0.1) is 15.4 Å². The molecular weight excluding hydrogens is 443 g/mol. The number of anilines is 1. The summed E-state index contributed by atoms with van der Waals surface area (Å²) < 4.78 is 14.1. The van der Waals surface area contributed by atoms with Crippen LogP contribution in [0, 0.1) is 0 Å². The second-order valence-corrected chi connectivity index (χ2v) is 9.23. The highest BCUT2D eigenvalue weighted by atomic mass is 35.5. The van der Waals surface area contributed by atoms with Crippen molar-refractivity contribution in [1.29, 1.82) is 0 Å². The number of ether oxygens (including phenoxy) is 2. The molecule has 3 heterocycles. The minimum absolute atomic E-state index is 0.321. The summed E-state index contributed by atoms with van der Waals surface area (Å²) in [7, 11) is 0. The normalized spacial score (nSPS) is 25.3. The molecule has 4 atom stereocenters. The van der Waals surface area contributed by atoms with Crippen LogP contribution in [0.1, 0.15) is 45.1 Å². The van der Waals surface area contributed by atoms with E-state index in [1.54, 1.807) is 31.3 Å². The van der Waals surface area contributed by atoms with Crippen LogP contribution in [-0.2, 0) is 9.47 Å². The fraction of sp³-hybridized carbons (Fsp3) is 0.429. The molecule has 0 bridgehead atoms. The first kappa shape index (κ1) is 22.3. The fourth-order valence-corrected chi connectivity index (χ4v) is 4.47. The Morgan fingerprint density at radius 2 is 2.03 bits per heavy atom. The van der Waals surface area contributed by atoms with Gasteiger partial charge >= 0.3 is 0 Å². The predicted octanol–water partition coefficient (Wildman–Crippen LogP) is 3.85. The van der Waals surface area contributed by atoms with E-state index in [4.69, 9.17) is 38.4 Å². The summed E-state index contributed by atoms with van der Waals surface area (Å²) in [5.41, 5.74) is 6.05. The zero-order valence-corrected chi connectivity index (χ0v) is 18.8. The molecular formula is C21H24Cl2N4O4. The van der Waals surface area contributed by atoms with Gasteiger partial charge in [-0.1, -0.05) is 29.3 Å². The van der Waals surface area contributed by atoms with Gasteiger partial charge < -0.3 is 30.0 Å². The third kappa shape index (κ3) is 4.24. The molecule has 0 amide bonds.